The van der Waals surface area contributed by atoms with Crippen molar-refractivity contribution in [3.8, 4) is 0 Å². The Bertz CT molecular complexity index is 170. The molecule has 0 unspecified atom stereocenters. The molecular formula is C9H14. The Morgan fingerprint density at radius 3 is 2.22 bits per heavy atom. The molecule has 1 aliphatic carbocycles. The predicted molar refractivity (Wildman–Crippen MR) is 41.4 cm³/mol. The first kappa shape index (κ1) is 6.60. The van der Waals surface area contributed by atoms with E-state index in [2.05, 4.69) is 26.8 Å². The maximum absolute atomic E-state index is 2.31. The molecule has 0 bridgehead atoms. The molecule has 0 nitrogen and oxygen atoms in total. The number of hydrogen-bond donors (Lipinski definition) is 0. The lowest BCUT2D eigenvalue weighted by Gasteiger charge is -2.19. The number of rotatable bonds is 2. The molecule has 1 rings (SSSR count). The minimum absolute atomic E-state index is 1.20. The molecule has 0 aromatic carbocycles. The Morgan fingerprint density at radius 1 is 1.22 bits per heavy atom. The third-order valence-corrected chi connectivity index (χ3v) is 2.07. The summed E-state index contributed by atoms with van der Waals surface area (Å²) in [4.78, 5) is 0. The van der Waals surface area contributed by atoms with Gasteiger partial charge in [-0.25, -0.2) is 0 Å². The monoisotopic (exact) mass is 122 g/mol. The molecule has 9 heavy (non-hydrogen) atoms. The van der Waals surface area contributed by atoms with E-state index in [1.165, 1.54) is 12.8 Å². The van der Waals surface area contributed by atoms with Crippen molar-refractivity contribution < 1.29 is 0 Å². The molecule has 0 fully saturated rings. The van der Waals surface area contributed by atoms with Crippen LogP contribution in [0.2, 0.25) is 0 Å². The molecule has 0 saturated heterocycles. The smallest absolute Gasteiger partial charge is 0.0305 e. The quantitative estimate of drug-likeness (QED) is 0.528. The minimum Gasteiger partial charge on any atom is -0.0613 e. The first-order valence-corrected chi connectivity index (χ1v) is 3.70. The van der Waals surface area contributed by atoms with Gasteiger partial charge in [0.1, 0.15) is 0 Å². The van der Waals surface area contributed by atoms with Crippen molar-refractivity contribution in [3.63, 3.8) is 0 Å². The SMILES string of the molecule is CCC1=CC(CC)=C1C. The highest BCUT2D eigenvalue weighted by molar-refractivity contribution is 5.50. The second-order valence-electron chi connectivity index (χ2n) is 2.53. The summed E-state index contributed by atoms with van der Waals surface area (Å²) in [5.41, 5.74) is 4.64. The van der Waals surface area contributed by atoms with Gasteiger partial charge < -0.3 is 0 Å². The fraction of sp³-hybridized carbons (Fsp3) is 0.556. The van der Waals surface area contributed by atoms with Crippen LogP contribution >= 0.6 is 0 Å². The van der Waals surface area contributed by atoms with Gasteiger partial charge in [0, 0.05) is 0 Å². The average Bonchev–Trinajstić information content (AvgIpc) is 1.87. The molecule has 0 heterocycles. The van der Waals surface area contributed by atoms with E-state index in [9.17, 15) is 0 Å². The third kappa shape index (κ3) is 0.937. The zero-order valence-corrected chi connectivity index (χ0v) is 6.49. The Labute approximate surface area is 57.3 Å². The van der Waals surface area contributed by atoms with Crippen molar-refractivity contribution >= 4 is 0 Å². The van der Waals surface area contributed by atoms with Gasteiger partial charge in [-0.1, -0.05) is 19.9 Å². The van der Waals surface area contributed by atoms with E-state index in [1.54, 1.807) is 16.7 Å². The van der Waals surface area contributed by atoms with Crippen LogP contribution in [0.3, 0.4) is 0 Å². The Hall–Kier alpha value is -0.520. The van der Waals surface area contributed by atoms with Crippen molar-refractivity contribution in [1.29, 1.82) is 0 Å². The number of allylic oxidation sites excluding steroid dienone is 4. The van der Waals surface area contributed by atoms with Crippen molar-refractivity contribution in [2.24, 2.45) is 0 Å². The van der Waals surface area contributed by atoms with Crippen LogP contribution in [0, 0.1) is 0 Å². The predicted octanol–water partition coefficient (Wildman–Crippen LogP) is 3.06. The van der Waals surface area contributed by atoms with Gasteiger partial charge in [-0.15, -0.1) is 0 Å². The van der Waals surface area contributed by atoms with Gasteiger partial charge in [-0.3, -0.25) is 0 Å². The molecule has 0 amide bonds. The number of hydrogen-bond acceptors (Lipinski definition) is 0. The highest BCUT2D eigenvalue weighted by Crippen LogP contribution is 2.30. The van der Waals surface area contributed by atoms with Crippen LogP contribution in [-0.4, -0.2) is 0 Å². The Morgan fingerprint density at radius 2 is 1.89 bits per heavy atom. The van der Waals surface area contributed by atoms with Crippen LogP contribution < -0.4 is 0 Å². The van der Waals surface area contributed by atoms with Gasteiger partial charge in [-0.05, 0) is 36.5 Å². The van der Waals surface area contributed by atoms with Gasteiger partial charge in [0.25, 0.3) is 0 Å². The van der Waals surface area contributed by atoms with E-state index in [4.69, 9.17) is 0 Å². The van der Waals surface area contributed by atoms with E-state index in [0.717, 1.165) is 0 Å². The zero-order chi connectivity index (χ0) is 6.85. The van der Waals surface area contributed by atoms with Crippen LogP contribution in [0.1, 0.15) is 33.6 Å². The minimum atomic E-state index is 1.20. The second-order valence-corrected chi connectivity index (χ2v) is 2.53. The third-order valence-electron chi connectivity index (χ3n) is 2.07. The second kappa shape index (κ2) is 2.38. The lowest BCUT2D eigenvalue weighted by atomic mass is 9.87. The maximum Gasteiger partial charge on any atom is -0.0305 e. The van der Waals surface area contributed by atoms with Crippen LogP contribution in [0.15, 0.2) is 22.8 Å². The lowest BCUT2D eigenvalue weighted by Crippen LogP contribution is -1.99. The maximum atomic E-state index is 2.31. The fourth-order valence-corrected chi connectivity index (χ4v) is 1.29. The topological polar surface area (TPSA) is 0 Å². The molecule has 1 aliphatic rings. The summed E-state index contributed by atoms with van der Waals surface area (Å²) in [6.07, 6.45) is 4.72. The molecule has 0 heteroatoms. The zero-order valence-electron chi connectivity index (χ0n) is 6.49. The Balaban J connectivity index is 2.56. The van der Waals surface area contributed by atoms with E-state index in [-0.39, 0.29) is 0 Å². The van der Waals surface area contributed by atoms with E-state index in [0.29, 0.717) is 0 Å². The largest absolute Gasteiger partial charge is 0.0613 e. The summed E-state index contributed by atoms with van der Waals surface area (Å²) >= 11 is 0. The van der Waals surface area contributed by atoms with Crippen molar-refractivity contribution in [1.82, 2.24) is 0 Å². The summed E-state index contributed by atoms with van der Waals surface area (Å²) in [7, 11) is 0. The lowest BCUT2D eigenvalue weighted by molar-refractivity contribution is 0.988. The molecule has 0 aliphatic heterocycles. The van der Waals surface area contributed by atoms with Gasteiger partial charge in [0.05, 0.1) is 0 Å². The van der Waals surface area contributed by atoms with Gasteiger partial charge >= 0.3 is 0 Å². The first-order chi connectivity index (χ1) is 4.29. The first-order valence-electron chi connectivity index (χ1n) is 3.70. The molecule has 0 saturated carbocycles. The van der Waals surface area contributed by atoms with Crippen LogP contribution in [0.5, 0.6) is 0 Å². The molecule has 0 aromatic rings. The summed E-state index contributed by atoms with van der Waals surface area (Å²) in [6, 6.07) is 0. The summed E-state index contributed by atoms with van der Waals surface area (Å²) in [6.45, 7) is 6.64. The van der Waals surface area contributed by atoms with Crippen molar-refractivity contribution in [3.05, 3.63) is 22.8 Å². The molecule has 50 valence electrons. The normalized spacial score (nSPS) is 17.4. The average molecular weight is 122 g/mol. The van der Waals surface area contributed by atoms with Crippen LogP contribution in [0.25, 0.3) is 0 Å². The van der Waals surface area contributed by atoms with E-state index in [1.807, 2.05) is 0 Å². The molecule has 0 aromatic heterocycles. The molecule has 0 atom stereocenters. The van der Waals surface area contributed by atoms with Gasteiger partial charge in [-0.2, -0.15) is 0 Å². The molecule has 0 N–H and O–H groups in total. The highest BCUT2D eigenvalue weighted by atomic mass is 14.2. The van der Waals surface area contributed by atoms with E-state index < -0.39 is 0 Å². The molecule has 0 radical (unpaired) electrons. The standard InChI is InChI=1S/C9H14/c1-4-8-6-9(5-2)7(8)3/h6H,4-5H2,1-3H3. The van der Waals surface area contributed by atoms with Gasteiger partial charge in [0.15, 0.2) is 0 Å². The van der Waals surface area contributed by atoms with Gasteiger partial charge in [0.2, 0.25) is 0 Å². The summed E-state index contributed by atoms with van der Waals surface area (Å²) in [5.74, 6) is 0. The fourth-order valence-electron chi connectivity index (χ4n) is 1.29. The summed E-state index contributed by atoms with van der Waals surface area (Å²) in [5, 5.41) is 0. The van der Waals surface area contributed by atoms with Crippen molar-refractivity contribution in [2.75, 3.05) is 0 Å². The van der Waals surface area contributed by atoms with Crippen molar-refractivity contribution in [2.45, 2.75) is 33.6 Å². The Kier molecular flexibility index (Phi) is 1.75. The molecular weight excluding hydrogens is 108 g/mol. The highest BCUT2D eigenvalue weighted by Gasteiger charge is 2.10. The van der Waals surface area contributed by atoms with E-state index >= 15 is 0 Å². The van der Waals surface area contributed by atoms with Crippen LogP contribution in [-0.2, 0) is 0 Å². The molecule has 0 spiro atoms. The summed E-state index contributed by atoms with van der Waals surface area (Å²) < 4.78 is 0. The van der Waals surface area contributed by atoms with Crippen LogP contribution in [0.4, 0.5) is 0 Å².